The van der Waals surface area contributed by atoms with Crippen LogP contribution in [0.25, 0.3) is 0 Å². The highest BCUT2D eigenvalue weighted by Crippen LogP contribution is 2.41. The lowest BCUT2D eigenvalue weighted by Crippen LogP contribution is -2.35. The molecule has 0 bridgehead atoms. The minimum Gasteiger partial charge on any atom is -0.496 e. The Hall–Kier alpha value is -3.02. The number of carbonyl (C=O) groups is 2. The van der Waals surface area contributed by atoms with Crippen molar-refractivity contribution in [2.75, 3.05) is 13.7 Å². The molecule has 0 unspecified atom stereocenters. The molecule has 158 valence electrons. The second-order valence-corrected chi connectivity index (χ2v) is 8.18. The van der Waals surface area contributed by atoms with Crippen LogP contribution in [0.2, 0.25) is 0 Å². The van der Waals surface area contributed by atoms with E-state index in [4.69, 9.17) is 9.47 Å². The molecule has 1 aromatic carbocycles. The van der Waals surface area contributed by atoms with E-state index in [0.29, 0.717) is 30.4 Å². The van der Waals surface area contributed by atoms with Gasteiger partial charge in [-0.25, -0.2) is 4.79 Å². The molecule has 0 radical (unpaired) electrons. The maximum atomic E-state index is 13.0. The highest BCUT2D eigenvalue weighted by atomic mass is 16.5. The molecule has 6 heteroatoms. The van der Waals surface area contributed by atoms with Crippen molar-refractivity contribution in [2.45, 2.75) is 51.0 Å². The largest absolute Gasteiger partial charge is 0.496 e. The van der Waals surface area contributed by atoms with Gasteiger partial charge in [0.25, 0.3) is 0 Å². The third-order valence-corrected chi connectivity index (χ3v) is 6.14. The molecule has 3 aliphatic rings. The van der Waals surface area contributed by atoms with Gasteiger partial charge in [0.1, 0.15) is 11.9 Å². The van der Waals surface area contributed by atoms with E-state index < -0.39 is 0 Å². The Kier molecular flexibility index (Phi) is 5.66. The Morgan fingerprint density at radius 1 is 1.20 bits per heavy atom. The van der Waals surface area contributed by atoms with Crippen molar-refractivity contribution in [1.82, 2.24) is 10.6 Å². The van der Waals surface area contributed by atoms with Crippen molar-refractivity contribution in [3.05, 3.63) is 64.6 Å². The fraction of sp³-hybridized carbons (Fsp3) is 0.417. The number of ketones is 1. The third-order valence-electron chi connectivity index (χ3n) is 6.14. The minimum absolute atomic E-state index is 0.0574. The van der Waals surface area contributed by atoms with Gasteiger partial charge < -0.3 is 20.1 Å². The molecule has 30 heavy (non-hydrogen) atoms. The predicted molar refractivity (Wildman–Crippen MR) is 114 cm³/mol. The lowest BCUT2D eigenvalue weighted by Gasteiger charge is -2.33. The van der Waals surface area contributed by atoms with Crippen LogP contribution in [0.15, 0.2) is 59.1 Å². The first-order valence-corrected chi connectivity index (χ1v) is 10.4. The molecule has 2 atom stereocenters. The monoisotopic (exact) mass is 408 g/mol. The van der Waals surface area contributed by atoms with E-state index >= 15 is 0 Å². The first-order chi connectivity index (χ1) is 14.5. The van der Waals surface area contributed by atoms with Crippen LogP contribution in [0.5, 0.6) is 5.75 Å². The molecule has 2 N–H and O–H groups in total. The number of benzene rings is 1. The molecule has 1 saturated heterocycles. The second kappa shape index (κ2) is 8.38. The highest BCUT2D eigenvalue weighted by Gasteiger charge is 2.35. The van der Waals surface area contributed by atoms with Crippen LogP contribution in [-0.2, 0) is 14.3 Å². The molecule has 1 fully saturated rings. The standard InChI is InChI=1S/C24H28N2O4/c1-14-10-17(8-9-25-14)30-24(28)19-13-20-21(26-15(19)2)11-16(12-22(20)27)18-6-4-5-7-23(18)29-3/h4-7,16-17,25-26H,1,8-13H2,2-3H3/t16-,17-/m1/s1. The Balaban J connectivity index is 1.49. The number of hydrogen-bond donors (Lipinski definition) is 2. The van der Waals surface area contributed by atoms with Crippen LogP contribution >= 0.6 is 0 Å². The summed E-state index contributed by atoms with van der Waals surface area (Å²) < 4.78 is 11.2. The number of piperidine rings is 1. The van der Waals surface area contributed by atoms with Crippen LogP contribution in [0.1, 0.15) is 50.5 Å². The molecular formula is C24H28N2O4. The third kappa shape index (κ3) is 3.99. The molecular weight excluding hydrogens is 380 g/mol. The van der Waals surface area contributed by atoms with Gasteiger partial charge in [0.05, 0.1) is 12.7 Å². The Morgan fingerprint density at radius 2 is 2.00 bits per heavy atom. The number of hydrogen-bond acceptors (Lipinski definition) is 6. The van der Waals surface area contributed by atoms with Crippen molar-refractivity contribution in [3.8, 4) is 5.75 Å². The predicted octanol–water partition coefficient (Wildman–Crippen LogP) is 3.47. The summed E-state index contributed by atoms with van der Waals surface area (Å²) in [6, 6.07) is 7.84. The first-order valence-electron chi connectivity index (χ1n) is 10.4. The Labute approximate surface area is 177 Å². The average molecular weight is 408 g/mol. The zero-order chi connectivity index (χ0) is 21.3. The van der Waals surface area contributed by atoms with Gasteiger partial charge in [-0.15, -0.1) is 0 Å². The number of rotatable bonds is 4. The summed E-state index contributed by atoms with van der Waals surface area (Å²) in [6.45, 7) is 6.55. The summed E-state index contributed by atoms with van der Waals surface area (Å²) in [4.78, 5) is 25.8. The molecule has 4 rings (SSSR count). The maximum absolute atomic E-state index is 13.0. The van der Waals surface area contributed by atoms with Gasteiger partial charge in [0.15, 0.2) is 5.78 Å². The van der Waals surface area contributed by atoms with Crippen molar-refractivity contribution in [2.24, 2.45) is 0 Å². The summed E-state index contributed by atoms with van der Waals surface area (Å²) in [6.07, 6.45) is 2.68. The van der Waals surface area contributed by atoms with Crippen LogP contribution in [0, 0.1) is 0 Å². The minimum atomic E-state index is -0.342. The van der Waals surface area contributed by atoms with E-state index in [9.17, 15) is 9.59 Å². The molecule has 1 aromatic rings. The van der Waals surface area contributed by atoms with Gasteiger partial charge >= 0.3 is 5.97 Å². The number of nitrogens with one attached hydrogen (secondary N) is 2. The van der Waals surface area contributed by atoms with E-state index in [-0.39, 0.29) is 23.8 Å². The van der Waals surface area contributed by atoms with Crippen LogP contribution in [0.4, 0.5) is 0 Å². The number of para-hydroxylation sites is 1. The number of carbonyl (C=O) groups excluding carboxylic acids is 2. The highest BCUT2D eigenvalue weighted by molar-refractivity contribution is 6.01. The van der Waals surface area contributed by atoms with Crippen LogP contribution < -0.4 is 15.4 Å². The fourth-order valence-corrected chi connectivity index (χ4v) is 4.53. The number of Topliss-reactive ketones (excluding diaryl/α,β-unsaturated/α-hetero) is 1. The van der Waals surface area contributed by atoms with Crippen molar-refractivity contribution in [1.29, 1.82) is 0 Å². The molecule has 0 spiro atoms. The zero-order valence-electron chi connectivity index (χ0n) is 17.5. The molecule has 0 aromatic heterocycles. The Morgan fingerprint density at radius 3 is 2.77 bits per heavy atom. The molecule has 0 saturated carbocycles. The van der Waals surface area contributed by atoms with E-state index in [2.05, 4.69) is 17.2 Å². The summed E-state index contributed by atoms with van der Waals surface area (Å²) in [5.74, 6) is 0.593. The SMILES string of the molecule is C=C1C[C@H](OC(=O)C2=C(C)NC3=C(C2)C(=O)C[C@H](c2ccccc2OC)C3)CCN1. The number of methoxy groups -OCH3 is 1. The number of allylic oxidation sites excluding steroid dienone is 3. The molecule has 6 nitrogen and oxygen atoms in total. The van der Waals surface area contributed by atoms with Gasteiger partial charge in [0.2, 0.25) is 0 Å². The molecule has 2 heterocycles. The van der Waals surface area contributed by atoms with E-state index in [1.807, 2.05) is 31.2 Å². The van der Waals surface area contributed by atoms with Crippen LogP contribution in [-0.4, -0.2) is 31.5 Å². The summed E-state index contributed by atoms with van der Waals surface area (Å²) in [5, 5.41) is 6.50. The number of ether oxygens (including phenoxy) is 2. The van der Waals surface area contributed by atoms with E-state index in [0.717, 1.165) is 47.8 Å². The number of dihydropyridines is 1. The van der Waals surface area contributed by atoms with E-state index in [1.54, 1.807) is 7.11 Å². The topological polar surface area (TPSA) is 76.7 Å². The van der Waals surface area contributed by atoms with Gasteiger partial charge in [-0.1, -0.05) is 24.8 Å². The maximum Gasteiger partial charge on any atom is 0.336 e. The summed E-state index contributed by atoms with van der Waals surface area (Å²) in [5.41, 5.74) is 4.85. The fourth-order valence-electron chi connectivity index (χ4n) is 4.53. The van der Waals surface area contributed by atoms with E-state index in [1.165, 1.54) is 0 Å². The van der Waals surface area contributed by atoms with Gasteiger partial charge in [0, 0.05) is 60.8 Å². The lowest BCUT2D eigenvalue weighted by molar-refractivity contribution is -0.145. The average Bonchev–Trinajstić information content (AvgIpc) is 2.73. The zero-order valence-corrected chi connectivity index (χ0v) is 17.5. The molecule has 1 aliphatic carbocycles. The normalized spacial score (nSPS) is 24.1. The van der Waals surface area contributed by atoms with Crippen LogP contribution in [0.3, 0.4) is 0 Å². The van der Waals surface area contributed by atoms with Crippen molar-refractivity contribution < 1.29 is 19.1 Å². The molecule has 0 amide bonds. The summed E-state index contributed by atoms with van der Waals surface area (Å²) in [7, 11) is 1.65. The first kappa shape index (κ1) is 20.3. The van der Waals surface area contributed by atoms with Gasteiger partial charge in [-0.05, 0) is 25.0 Å². The lowest BCUT2D eigenvalue weighted by atomic mass is 9.78. The Bertz CT molecular complexity index is 960. The number of esters is 1. The quantitative estimate of drug-likeness (QED) is 0.743. The van der Waals surface area contributed by atoms with Crippen molar-refractivity contribution in [3.63, 3.8) is 0 Å². The van der Waals surface area contributed by atoms with Gasteiger partial charge in [-0.2, -0.15) is 0 Å². The van der Waals surface area contributed by atoms with Crippen molar-refractivity contribution >= 4 is 11.8 Å². The second-order valence-electron chi connectivity index (χ2n) is 8.18. The smallest absolute Gasteiger partial charge is 0.336 e. The summed E-state index contributed by atoms with van der Waals surface area (Å²) >= 11 is 0. The van der Waals surface area contributed by atoms with Gasteiger partial charge in [-0.3, -0.25) is 4.79 Å². The molecule has 2 aliphatic heterocycles.